The highest BCUT2D eigenvalue weighted by Gasteiger charge is 2.01. The van der Waals surface area contributed by atoms with Crippen molar-refractivity contribution in [3.05, 3.63) is 33.9 Å². The number of hydrogen-bond acceptors (Lipinski definition) is 0. The molecule has 0 amide bonds. The van der Waals surface area contributed by atoms with E-state index in [-0.39, 0.29) is 0 Å². The molecule has 0 aromatic heterocycles. The Morgan fingerprint density at radius 2 is 2.20 bits per heavy atom. The summed E-state index contributed by atoms with van der Waals surface area (Å²) in [5, 5.41) is 0. The third-order valence-corrected chi connectivity index (χ3v) is 1.87. The largest absolute Gasteiger partial charge is 0.0762 e. The Hall–Kier alpha value is -0.300. The molecule has 54 valence electrons. The molecule has 1 heteroatoms. The number of allylic oxidation sites excluding steroid dienone is 6. The van der Waals surface area contributed by atoms with E-state index < -0.39 is 0 Å². The van der Waals surface area contributed by atoms with Gasteiger partial charge in [-0.2, -0.15) is 0 Å². The topological polar surface area (TPSA) is 0 Å². The zero-order chi connectivity index (χ0) is 7.56. The van der Waals surface area contributed by atoms with Gasteiger partial charge in [0.2, 0.25) is 0 Å². The van der Waals surface area contributed by atoms with Gasteiger partial charge in [0.15, 0.2) is 0 Å². The minimum atomic E-state index is 1.06. The maximum atomic E-state index is 3.45. The van der Waals surface area contributed by atoms with E-state index in [4.69, 9.17) is 0 Å². The fourth-order valence-corrected chi connectivity index (χ4v) is 1.44. The van der Waals surface area contributed by atoms with E-state index in [1.165, 1.54) is 15.6 Å². The Morgan fingerprint density at radius 1 is 1.50 bits per heavy atom. The summed E-state index contributed by atoms with van der Waals surface area (Å²) in [5.74, 6) is 0. The molecular weight excluding hydrogens is 188 g/mol. The summed E-state index contributed by atoms with van der Waals surface area (Å²) in [7, 11) is 0. The maximum Gasteiger partial charge on any atom is 0.00406 e. The van der Waals surface area contributed by atoms with Crippen LogP contribution in [-0.4, -0.2) is 0 Å². The lowest BCUT2D eigenvalue weighted by atomic mass is 10.2. The second-order valence-corrected chi connectivity index (χ2v) is 3.77. The van der Waals surface area contributed by atoms with Gasteiger partial charge >= 0.3 is 0 Å². The number of rotatable bonds is 1. The zero-order valence-corrected chi connectivity index (χ0v) is 7.90. The molecule has 0 N–H and O–H groups in total. The van der Waals surface area contributed by atoms with E-state index in [1.807, 2.05) is 0 Å². The molecule has 0 fully saturated rings. The summed E-state index contributed by atoms with van der Waals surface area (Å²) in [5.41, 5.74) is 2.76. The van der Waals surface area contributed by atoms with Crippen LogP contribution in [0.2, 0.25) is 0 Å². The molecule has 0 spiro atoms. The van der Waals surface area contributed by atoms with Crippen LogP contribution >= 0.6 is 15.9 Å². The van der Waals surface area contributed by atoms with Crippen molar-refractivity contribution in [1.82, 2.24) is 0 Å². The van der Waals surface area contributed by atoms with Crippen molar-refractivity contribution in [1.29, 1.82) is 0 Å². The molecule has 1 aliphatic rings. The van der Waals surface area contributed by atoms with Crippen molar-refractivity contribution in [2.45, 2.75) is 20.3 Å². The van der Waals surface area contributed by atoms with Crippen LogP contribution in [-0.2, 0) is 0 Å². The second-order valence-electron chi connectivity index (χ2n) is 2.75. The highest BCUT2D eigenvalue weighted by Crippen LogP contribution is 2.24. The molecule has 0 radical (unpaired) electrons. The van der Waals surface area contributed by atoms with Gasteiger partial charge < -0.3 is 0 Å². The average molecular weight is 199 g/mol. The van der Waals surface area contributed by atoms with Crippen molar-refractivity contribution in [2.24, 2.45) is 0 Å². The van der Waals surface area contributed by atoms with Crippen LogP contribution in [0.15, 0.2) is 33.9 Å². The molecule has 0 saturated heterocycles. The molecule has 0 atom stereocenters. The van der Waals surface area contributed by atoms with E-state index in [0.29, 0.717) is 0 Å². The first-order chi connectivity index (χ1) is 4.68. The molecule has 0 bridgehead atoms. The molecular formula is C9H11Br. The summed E-state index contributed by atoms with van der Waals surface area (Å²) >= 11 is 3.45. The lowest BCUT2D eigenvalue weighted by Crippen LogP contribution is -1.73. The normalized spacial score (nSPS) is 16.3. The highest BCUT2D eigenvalue weighted by molar-refractivity contribution is 9.11. The zero-order valence-electron chi connectivity index (χ0n) is 6.32. The summed E-state index contributed by atoms with van der Waals surface area (Å²) in [6, 6.07) is 0. The molecule has 0 unspecified atom stereocenters. The minimum Gasteiger partial charge on any atom is -0.0762 e. The molecule has 10 heavy (non-hydrogen) atoms. The van der Waals surface area contributed by atoms with Gasteiger partial charge in [-0.15, -0.1) is 0 Å². The van der Waals surface area contributed by atoms with Crippen molar-refractivity contribution in [3.8, 4) is 0 Å². The quantitative estimate of drug-likeness (QED) is 0.605. The Labute approximate surface area is 70.5 Å². The monoisotopic (exact) mass is 198 g/mol. The van der Waals surface area contributed by atoms with Gasteiger partial charge in [0.1, 0.15) is 0 Å². The third kappa shape index (κ3) is 2.14. The van der Waals surface area contributed by atoms with Gasteiger partial charge in [-0.1, -0.05) is 39.7 Å². The van der Waals surface area contributed by atoms with E-state index in [0.717, 1.165) is 6.42 Å². The van der Waals surface area contributed by atoms with Gasteiger partial charge in [0, 0.05) is 6.42 Å². The van der Waals surface area contributed by atoms with E-state index in [9.17, 15) is 0 Å². The van der Waals surface area contributed by atoms with Crippen molar-refractivity contribution >= 4 is 15.9 Å². The summed E-state index contributed by atoms with van der Waals surface area (Å²) in [6.45, 7) is 4.24. The number of halogens is 1. The minimum absolute atomic E-state index is 1.06. The van der Waals surface area contributed by atoms with Crippen molar-refractivity contribution < 1.29 is 0 Å². The highest BCUT2D eigenvalue weighted by atomic mass is 79.9. The Balaban J connectivity index is 2.59. The lowest BCUT2D eigenvalue weighted by Gasteiger charge is -1.93. The standard InChI is InChI=1S/C9H11Br/c1-7(2)5-8-3-4-9(10)6-8/h3-5H,6H2,1-2H3. The van der Waals surface area contributed by atoms with E-state index >= 15 is 0 Å². The molecule has 0 heterocycles. The maximum absolute atomic E-state index is 3.45. The molecule has 1 aliphatic carbocycles. The second kappa shape index (κ2) is 3.20. The van der Waals surface area contributed by atoms with Crippen LogP contribution in [0.3, 0.4) is 0 Å². The summed E-state index contributed by atoms with van der Waals surface area (Å²) in [4.78, 5) is 0. The van der Waals surface area contributed by atoms with Gasteiger partial charge in [-0.3, -0.25) is 0 Å². The average Bonchev–Trinajstić information content (AvgIpc) is 2.13. The fourth-order valence-electron chi connectivity index (χ4n) is 0.980. The third-order valence-electron chi connectivity index (χ3n) is 1.33. The van der Waals surface area contributed by atoms with Crippen LogP contribution in [0.1, 0.15) is 20.3 Å². The van der Waals surface area contributed by atoms with Crippen molar-refractivity contribution in [2.75, 3.05) is 0 Å². The van der Waals surface area contributed by atoms with Crippen LogP contribution < -0.4 is 0 Å². The first-order valence-electron chi connectivity index (χ1n) is 3.38. The summed E-state index contributed by atoms with van der Waals surface area (Å²) < 4.78 is 1.28. The van der Waals surface area contributed by atoms with Crippen LogP contribution in [0.5, 0.6) is 0 Å². The molecule has 0 aromatic rings. The first-order valence-corrected chi connectivity index (χ1v) is 4.18. The van der Waals surface area contributed by atoms with Gasteiger partial charge in [-0.25, -0.2) is 0 Å². The first kappa shape index (κ1) is 7.80. The predicted molar refractivity (Wildman–Crippen MR) is 49.1 cm³/mol. The molecule has 1 rings (SSSR count). The molecule has 0 saturated carbocycles. The smallest absolute Gasteiger partial charge is 0.00406 e. The van der Waals surface area contributed by atoms with Crippen molar-refractivity contribution in [3.63, 3.8) is 0 Å². The van der Waals surface area contributed by atoms with E-state index in [1.54, 1.807) is 0 Å². The van der Waals surface area contributed by atoms with E-state index in [2.05, 4.69) is 48.0 Å². The fraction of sp³-hybridized carbons (Fsp3) is 0.333. The van der Waals surface area contributed by atoms with Gasteiger partial charge in [0.25, 0.3) is 0 Å². The predicted octanol–water partition coefficient (Wildman–Crippen LogP) is 3.56. The number of hydrogen-bond donors (Lipinski definition) is 0. The molecule has 0 aliphatic heterocycles. The van der Waals surface area contributed by atoms with Gasteiger partial charge in [0.05, 0.1) is 0 Å². The van der Waals surface area contributed by atoms with Crippen LogP contribution in [0.4, 0.5) is 0 Å². The summed E-state index contributed by atoms with van der Waals surface area (Å²) in [6.07, 6.45) is 7.53. The Morgan fingerprint density at radius 3 is 2.60 bits per heavy atom. The SMILES string of the molecule is CC(C)=CC1=CC=C(Br)C1. The Bertz CT molecular complexity index is 215. The lowest BCUT2D eigenvalue weighted by molar-refractivity contribution is 1.27. The molecule has 0 aromatic carbocycles. The van der Waals surface area contributed by atoms with Crippen LogP contribution in [0.25, 0.3) is 0 Å². The Kier molecular flexibility index (Phi) is 2.50. The molecule has 0 nitrogen and oxygen atoms in total. The van der Waals surface area contributed by atoms with Crippen LogP contribution in [0, 0.1) is 0 Å². The van der Waals surface area contributed by atoms with Gasteiger partial charge in [-0.05, 0) is 23.9 Å².